The lowest BCUT2D eigenvalue weighted by molar-refractivity contribution is -0.142. The van der Waals surface area contributed by atoms with Crippen LogP contribution in [0, 0.1) is 0 Å². The molecule has 10 nitrogen and oxygen atoms in total. The third kappa shape index (κ3) is 3.34. The molecule has 0 spiro atoms. The van der Waals surface area contributed by atoms with Gasteiger partial charge in [0.1, 0.15) is 12.1 Å². The lowest BCUT2D eigenvalue weighted by Gasteiger charge is -2.29. The number of piperidine rings is 1. The number of hydroxylamine groups is 3. The molecule has 0 unspecified atom stereocenters. The molecule has 0 saturated carbocycles. The minimum absolute atomic E-state index is 0.0232. The molecule has 10 heteroatoms. The number of carboxylic acid groups (broad SMARTS) is 1. The fraction of sp³-hybridized carbons (Fsp3) is 0.727. The average Bonchev–Trinajstić information content (AvgIpc) is 2.67. The van der Waals surface area contributed by atoms with E-state index in [1.54, 1.807) is 6.92 Å². The van der Waals surface area contributed by atoms with Crippen molar-refractivity contribution in [1.82, 2.24) is 20.8 Å². The summed E-state index contributed by atoms with van der Waals surface area (Å²) in [4.78, 5) is 40.4. The predicted octanol–water partition coefficient (Wildman–Crippen LogP) is -0.652. The topological polar surface area (TPSA) is 131 Å². The Morgan fingerprint density at radius 1 is 1.48 bits per heavy atom. The highest BCUT2D eigenvalue weighted by Gasteiger charge is 2.46. The van der Waals surface area contributed by atoms with Crippen LogP contribution >= 0.6 is 0 Å². The standard InChI is InChI=1S/C11H18N4O6/c1-6(4-12-10(17)18)21-13-9(16)8-3-2-7-5-14(8)11(19)15(7)20/h6-8,12,20H,2-5H2,1H3,(H,13,16)(H,17,18)/t6-,7+,8-/m0/s1. The molecule has 21 heavy (non-hydrogen) atoms. The molecule has 2 fully saturated rings. The van der Waals surface area contributed by atoms with Crippen LogP contribution in [-0.2, 0) is 9.63 Å². The second kappa shape index (κ2) is 6.14. The van der Waals surface area contributed by atoms with Crippen molar-refractivity contribution in [2.75, 3.05) is 13.1 Å². The van der Waals surface area contributed by atoms with Crippen LogP contribution in [0.3, 0.4) is 0 Å². The van der Waals surface area contributed by atoms with Gasteiger partial charge in [-0.1, -0.05) is 0 Å². The molecule has 2 heterocycles. The van der Waals surface area contributed by atoms with Crippen molar-refractivity contribution < 1.29 is 29.5 Å². The summed E-state index contributed by atoms with van der Waals surface area (Å²) in [5, 5.41) is 20.7. The zero-order chi connectivity index (χ0) is 15.6. The van der Waals surface area contributed by atoms with Crippen LogP contribution in [0.1, 0.15) is 19.8 Å². The summed E-state index contributed by atoms with van der Waals surface area (Å²) < 4.78 is 0. The molecule has 2 aliphatic heterocycles. The monoisotopic (exact) mass is 302 g/mol. The highest BCUT2D eigenvalue weighted by Crippen LogP contribution is 2.28. The molecular weight excluding hydrogens is 284 g/mol. The van der Waals surface area contributed by atoms with Gasteiger partial charge in [-0.25, -0.2) is 20.1 Å². The van der Waals surface area contributed by atoms with E-state index < -0.39 is 30.2 Å². The van der Waals surface area contributed by atoms with Gasteiger partial charge in [0.25, 0.3) is 5.91 Å². The van der Waals surface area contributed by atoms with Crippen molar-refractivity contribution >= 4 is 18.0 Å². The van der Waals surface area contributed by atoms with Crippen LogP contribution in [0.15, 0.2) is 0 Å². The number of rotatable bonds is 5. The molecular formula is C11H18N4O6. The molecule has 0 aromatic carbocycles. The molecule has 0 radical (unpaired) electrons. The number of fused-ring (bicyclic) bond motifs is 2. The molecule has 2 rings (SSSR count). The Kier molecular flexibility index (Phi) is 4.48. The average molecular weight is 302 g/mol. The molecule has 118 valence electrons. The van der Waals surface area contributed by atoms with Crippen LogP contribution in [0.4, 0.5) is 9.59 Å². The van der Waals surface area contributed by atoms with E-state index >= 15 is 0 Å². The molecule has 4 N–H and O–H groups in total. The quantitative estimate of drug-likeness (QED) is 0.394. The number of carbonyl (C=O) groups excluding carboxylic acids is 2. The van der Waals surface area contributed by atoms with E-state index in [-0.39, 0.29) is 12.6 Å². The van der Waals surface area contributed by atoms with E-state index in [0.29, 0.717) is 24.4 Å². The van der Waals surface area contributed by atoms with Crippen molar-refractivity contribution in [3.05, 3.63) is 0 Å². The van der Waals surface area contributed by atoms with Gasteiger partial charge >= 0.3 is 12.1 Å². The van der Waals surface area contributed by atoms with Crippen molar-refractivity contribution in [2.24, 2.45) is 0 Å². The zero-order valence-electron chi connectivity index (χ0n) is 11.5. The Labute approximate surface area is 120 Å². The molecule has 3 atom stereocenters. The molecule has 0 aromatic heterocycles. The number of carbonyl (C=O) groups is 3. The van der Waals surface area contributed by atoms with E-state index in [2.05, 4.69) is 10.8 Å². The van der Waals surface area contributed by atoms with E-state index in [1.807, 2.05) is 0 Å². The second-order valence-corrected chi connectivity index (χ2v) is 5.11. The highest BCUT2D eigenvalue weighted by molar-refractivity contribution is 5.87. The summed E-state index contributed by atoms with van der Waals surface area (Å²) in [5.74, 6) is -0.487. The fourth-order valence-electron chi connectivity index (χ4n) is 2.42. The Hall–Kier alpha value is -2.07. The maximum absolute atomic E-state index is 12.0. The minimum Gasteiger partial charge on any atom is -0.465 e. The predicted molar refractivity (Wildman–Crippen MR) is 67.3 cm³/mol. The van der Waals surface area contributed by atoms with Crippen molar-refractivity contribution in [3.8, 4) is 0 Å². The molecule has 2 saturated heterocycles. The number of nitrogens with one attached hydrogen (secondary N) is 2. The normalized spacial score (nSPS) is 25.7. The number of amides is 4. The fourth-order valence-corrected chi connectivity index (χ4v) is 2.42. The molecule has 0 aliphatic carbocycles. The van der Waals surface area contributed by atoms with Crippen molar-refractivity contribution in [1.29, 1.82) is 0 Å². The number of hydrogen-bond donors (Lipinski definition) is 4. The van der Waals surface area contributed by atoms with E-state index in [4.69, 9.17) is 9.94 Å². The number of nitrogens with zero attached hydrogens (tertiary/aromatic N) is 2. The first-order chi connectivity index (χ1) is 9.90. The van der Waals surface area contributed by atoms with Crippen LogP contribution < -0.4 is 10.8 Å². The van der Waals surface area contributed by atoms with Crippen molar-refractivity contribution in [2.45, 2.75) is 38.0 Å². The van der Waals surface area contributed by atoms with E-state index in [0.717, 1.165) is 0 Å². The SMILES string of the molecule is C[C@@H](CNC(=O)O)ONC(=O)[C@@H]1CC[C@@H]2CN1C(=O)N2O. The second-order valence-electron chi connectivity index (χ2n) is 5.11. The minimum atomic E-state index is -1.18. The first kappa shape index (κ1) is 15.3. The van der Waals surface area contributed by atoms with Crippen LogP contribution in [0.2, 0.25) is 0 Å². The van der Waals surface area contributed by atoms with Crippen LogP contribution in [-0.4, -0.2) is 69.6 Å². The Balaban J connectivity index is 1.81. The Bertz CT molecular complexity index is 444. The highest BCUT2D eigenvalue weighted by atomic mass is 16.7. The molecule has 4 amide bonds. The maximum atomic E-state index is 12.0. The maximum Gasteiger partial charge on any atom is 0.404 e. The third-order valence-electron chi connectivity index (χ3n) is 3.55. The Morgan fingerprint density at radius 2 is 2.19 bits per heavy atom. The van der Waals surface area contributed by atoms with Gasteiger partial charge in [-0.2, -0.15) is 0 Å². The van der Waals surface area contributed by atoms with Gasteiger partial charge in [-0.15, -0.1) is 0 Å². The number of hydrogen-bond acceptors (Lipinski definition) is 5. The lowest BCUT2D eigenvalue weighted by Crippen LogP contribution is -2.50. The summed E-state index contributed by atoms with van der Waals surface area (Å²) in [7, 11) is 0. The largest absolute Gasteiger partial charge is 0.465 e. The van der Waals surface area contributed by atoms with Crippen LogP contribution in [0.5, 0.6) is 0 Å². The van der Waals surface area contributed by atoms with Crippen molar-refractivity contribution in [3.63, 3.8) is 0 Å². The summed E-state index contributed by atoms with van der Waals surface area (Å²) >= 11 is 0. The first-order valence-electron chi connectivity index (χ1n) is 6.61. The third-order valence-corrected chi connectivity index (χ3v) is 3.55. The van der Waals surface area contributed by atoms with E-state index in [9.17, 15) is 19.6 Å². The number of urea groups is 1. The summed E-state index contributed by atoms with van der Waals surface area (Å²) in [6.07, 6.45) is -0.761. The van der Waals surface area contributed by atoms with E-state index in [1.165, 1.54) is 4.90 Å². The molecule has 2 aliphatic rings. The smallest absolute Gasteiger partial charge is 0.404 e. The summed E-state index contributed by atoms with van der Waals surface area (Å²) in [5.41, 5.74) is 2.23. The zero-order valence-corrected chi connectivity index (χ0v) is 11.5. The van der Waals surface area contributed by atoms with Gasteiger partial charge in [0.2, 0.25) is 0 Å². The Morgan fingerprint density at radius 3 is 2.86 bits per heavy atom. The van der Waals surface area contributed by atoms with Gasteiger partial charge in [0.05, 0.1) is 6.04 Å². The van der Waals surface area contributed by atoms with Gasteiger partial charge < -0.3 is 15.3 Å². The van der Waals surface area contributed by atoms with Gasteiger partial charge in [0, 0.05) is 13.1 Å². The van der Waals surface area contributed by atoms with Gasteiger partial charge in [-0.05, 0) is 19.8 Å². The van der Waals surface area contributed by atoms with Gasteiger partial charge in [0.15, 0.2) is 0 Å². The summed E-state index contributed by atoms with van der Waals surface area (Å²) in [6, 6.07) is -1.54. The summed E-state index contributed by atoms with van der Waals surface area (Å²) in [6.45, 7) is 1.92. The first-order valence-corrected chi connectivity index (χ1v) is 6.61. The lowest BCUT2D eigenvalue weighted by atomic mass is 10.0. The molecule has 2 bridgehead atoms. The van der Waals surface area contributed by atoms with Crippen LogP contribution in [0.25, 0.3) is 0 Å². The van der Waals surface area contributed by atoms with Gasteiger partial charge in [-0.3, -0.25) is 14.8 Å². The molecule has 0 aromatic rings.